The highest BCUT2D eigenvalue weighted by Gasteiger charge is 2.37. The number of fused-ring (bicyclic) bond motifs is 1. The summed E-state index contributed by atoms with van der Waals surface area (Å²) in [6, 6.07) is 7.74. The number of nitrogens with zero attached hydrogens (tertiary/aromatic N) is 5. The predicted octanol–water partition coefficient (Wildman–Crippen LogP) is 4.29. The summed E-state index contributed by atoms with van der Waals surface area (Å²) < 4.78 is 60.9. The summed E-state index contributed by atoms with van der Waals surface area (Å²) in [6.45, 7) is 2.91. The van der Waals surface area contributed by atoms with E-state index in [-0.39, 0.29) is 36.9 Å². The molecule has 1 atom stereocenters. The molecule has 1 unspecified atom stereocenters. The lowest BCUT2D eigenvalue weighted by atomic mass is 10.1. The minimum absolute atomic E-state index is 0.0790. The maximum atomic E-state index is 14.3. The maximum Gasteiger partial charge on any atom is 0.416 e. The highest BCUT2D eigenvalue weighted by atomic mass is 19.4. The molecule has 0 radical (unpaired) electrons. The van der Waals surface area contributed by atoms with Gasteiger partial charge < -0.3 is 20.7 Å². The molecule has 41 heavy (non-hydrogen) atoms. The first-order valence-corrected chi connectivity index (χ1v) is 12.5. The zero-order chi connectivity index (χ0) is 29.5. The zero-order valence-electron chi connectivity index (χ0n) is 21.9. The van der Waals surface area contributed by atoms with E-state index in [0.717, 1.165) is 18.3 Å². The molecule has 1 fully saturated rings. The van der Waals surface area contributed by atoms with Gasteiger partial charge in [0.25, 0.3) is 11.8 Å². The van der Waals surface area contributed by atoms with Crippen LogP contribution in [0.5, 0.6) is 0 Å². The van der Waals surface area contributed by atoms with Gasteiger partial charge in [-0.15, -0.1) is 0 Å². The number of aromatic nitrogens is 4. The van der Waals surface area contributed by atoms with Crippen LogP contribution in [0.2, 0.25) is 0 Å². The van der Waals surface area contributed by atoms with Gasteiger partial charge in [-0.1, -0.05) is 12.1 Å². The van der Waals surface area contributed by atoms with Crippen molar-refractivity contribution in [3.8, 4) is 11.3 Å². The van der Waals surface area contributed by atoms with Crippen LogP contribution in [0.15, 0.2) is 55.0 Å². The van der Waals surface area contributed by atoms with E-state index in [0.29, 0.717) is 22.6 Å². The van der Waals surface area contributed by atoms with Crippen LogP contribution in [0.1, 0.15) is 41.7 Å². The molecule has 0 saturated carbocycles. The lowest BCUT2D eigenvalue weighted by Crippen LogP contribution is -2.49. The van der Waals surface area contributed by atoms with Crippen LogP contribution in [0, 0.1) is 0 Å². The Labute approximate surface area is 231 Å². The Kier molecular flexibility index (Phi) is 7.11. The van der Waals surface area contributed by atoms with Gasteiger partial charge in [0.05, 0.1) is 18.7 Å². The number of halogens is 4. The van der Waals surface area contributed by atoms with Crippen LogP contribution in [0.3, 0.4) is 0 Å². The molecule has 2 amide bonds. The third-order valence-corrected chi connectivity index (χ3v) is 6.51. The lowest BCUT2D eigenvalue weighted by Gasteiger charge is -2.34. The van der Waals surface area contributed by atoms with Crippen LogP contribution < -0.4 is 11.1 Å². The standard InChI is InChI=1S/C27H25F4N7O3/c1-26(2,28)25(40)37-11-12-41-18(14-37)23-36-20(21-22(32)34-9-10-38(21)23)15-3-5-16(6-4-15)24(39)35-19-13-17(7-8-33-19)27(29,30)31/h3-10,13,18H,11-12,14H2,1-2H3,(H2,32,34)(H,33,35,39). The highest BCUT2D eigenvalue weighted by molar-refractivity contribution is 6.04. The lowest BCUT2D eigenvalue weighted by molar-refractivity contribution is -0.149. The molecule has 3 aromatic heterocycles. The van der Waals surface area contributed by atoms with Crippen molar-refractivity contribution >= 4 is 29.0 Å². The second kappa shape index (κ2) is 10.4. The zero-order valence-corrected chi connectivity index (χ0v) is 21.9. The molecule has 1 saturated heterocycles. The quantitative estimate of drug-likeness (QED) is 0.342. The fourth-order valence-electron chi connectivity index (χ4n) is 4.52. The number of nitrogen functional groups attached to an aromatic ring is 1. The Morgan fingerprint density at radius 3 is 2.49 bits per heavy atom. The van der Waals surface area contributed by atoms with Gasteiger partial charge in [-0.3, -0.25) is 14.0 Å². The molecule has 1 aliphatic rings. The molecular weight excluding hydrogens is 546 g/mol. The van der Waals surface area contributed by atoms with Gasteiger partial charge in [-0.05, 0) is 38.1 Å². The summed E-state index contributed by atoms with van der Waals surface area (Å²) in [5, 5.41) is 2.36. The molecule has 0 spiro atoms. The summed E-state index contributed by atoms with van der Waals surface area (Å²) in [7, 11) is 0. The van der Waals surface area contributed by atoms with Crippen molar-refractivity contribution in [3.05, 3.63) is 71.9 Å². The molecule has 0 aliphatic carbocycles. The van der Waals surface area contributed by atoms with E-state index >= 15 is 0 Å². The maximum absolute atomic E-state index is 14.3. The average Bonchev–Trinajstić information content (AvgIpc) is 3.33. The van der Waals surface area contributed by atoms with E-state index in [4.69, 9.17) is 15.5 Å². The topological polar surface area (TPSA) is 128 Å². The molecule has 1 aromatic carbocycles. The van der Waals surface area contributed by atoms with Crippen molar-refractivity contribution in [2.75, 3.05) is 30.7 Å². The van der Waals surface area contributed by atoms with Crippen molar-refractivity contribution in [2.24, 2.45) is 0 Å². The number of imidazole rings is 1. The number of benzene rings is 1. The second-order valence-corrected chi connectivity index (χ2v) is 9.89. The number of hydrogen-bond acceptors (Lipinski definition) is 7. The number of nitrogens with one attached hydrogen (secondary N) is 1. The van der Waals surface area contributed by atoms with E-state index in [9.17, 15) is 27.2 Å². The SMILES string of the molecule is CC(C)(F)C(=O)N1CCOC(c2nc(-c3ccc(C(=O)Nc4cc(C(F)(F)F)ccn4)cc3)c3c(N)nccn23)C1. The van der Waals surface area contributed by atoms with E-state index < -0.39 is 35.3 Å². The second-order valence-electron chi connectivity index (χ2n) is 9.89. The van der Waals surface area contributed by atoms with Crippen LogP contribution >= 0.6 is 0 Å². The molecule has 0 bridgehead atoms. The Morgan fingerprint density at radius 2 is 1.80 bits per heavy atom. The smallest absolute Gasteiger partial charge is 0.382 e. The number of alkyl halides is 4. The fourth-order valence-corrected chi connectivity index (χ4v) is 4.52. The number of hydrogen-bond donors (Lipinski definition) is 2. The van der Waals surface area contributed by atoms with Crippen molar-refractivity contribution in [1.29, 1.82) is 0 Å². The third kappa shape index (κ3) is 5.68. The third-order valence-electron chi connectivity index (χ3n) is 6.51. The first kappa shape index (κ1) is 28.0. The molecule has 14 heteroatoms. The van der Waals surface area contributed by atoms with Gasteiger partial charge in [-0.2, -0.15) is 13.2 Å². The largest absolute Gasteiger partial charge is 0.416 e. The van der Waals surface area contributed by atoms with E-state index in [1.807, 2.05) is 0 Å². The van der Waals surface area contributed by atoms with Crippen molar-refractivity contribution < 1.29 is 31.9 Å². The van der Waals surface area contributed by atoms with Crippen LogP contribution in [0.25, 0.3) is 16.8 Å². The van der Waals surface area contributed by atoms with Gasteiger partial charge in [-0.25, -0.2) is 19.3 Å². The van der Waals surface area contributed by atoms with Crippen molar-refractivity contribution in [3.63, 3.8) is 0 Å². The minimum Gasteiger partial charge on any atom is -0.382 e. The van der Waals surface area contributed by atoms with Gasteiger partial charge in [0.15, 0.2) is 5.67 Å². The monoisotopic (exact) mass is 571 g/mol. The number of pyridine rings is 1. The number of rotatable bonds is 5. The fraction of sp³-hybridized carbons (Fsp3) is 0.296. The Balaban J connectivity index is 1.42. The molecule has 3 N–H and O–H groups in total. The van der Waals surface area contributed by atoms with Crippen LogP contribution in [-0.4, -0.2) is 61.4 Å². The molecule has 10 nitrogen and oxygen atoms in total. The van der Waals surface area contributed by atoms with Crippen molar-refractivity contribution in [1.82, 2.24) is 24.3 Å². The molecule has 5 rings (SSSR count). The first-order valence-electron chi connectivity index (χ1n) is 12.5. The van der Waals surface area contributed by atoms with E-state index in [2.05, 4.69) is 15.3 Å². The van der Waals surface area contributed by atoms with E-state index in [1.165, 1.54) is 37.1 Å². The summed E-state index contributed by atoms with van der Waals surface area (Å²) in [6.07, 6.45) is -1.16. The number of morpholine rings is 1. The van der Waals surface area contributed by atoms with Crippen LogP contribution in [-0.2, 0) is 15.7 Å². The number of carbonyl (C=O) groups excluding carboxylic acids is 2. The first-order chi connectivity index (χ1) is 19.3. The van der Waals surface area contributed by atoms with Crippen LogP contribution in [0.4, 0.5) is 29.2 Å². The van der Waals surface area contributed by atoms with Gasteiger partial charge in [0, 0.05) is 36.3 Å². The van der Waals surface area contributed by atoms with Gasteiger partial charge in [0.1, 0.15) is 34.8 Å². The predicted molar refractivity (Wildman–Crippen MR) is 140 cm³/mol. The van der Waals surface area contributed by atoms with E-state index in [1.54, 1.807) is 22.7 Å². The molecule has 1 aliphatic heterocycles. The normalized spacial score (nSPS) is 16.1. The number of ether oxygens (including phenoxy) is 1. The summed E-state index contributed by atoms with van der Waals surface area (Å²) >= 11 is 0. The molecule has 4 heterocycles. The van der Waals surface area contributed by atoms with Gasteiger partial charge in [0.2, 0.25) is 0 Å². The number of carbonyl (C=O) groups is 2. The minimum atomic E-state index is -4.58. The number of anilines is 2. The molecular formula is C27H25F4N7O3. The molecule has 214 valence electrons. The van der Waals surface area contributed by atoms with Crippen molar-refractivity contribution in [2.45, 2.75) is 31.8 Å². The number of nitrogens with two attached hydrogens (primary N) is 1. The summed E-state index contributed by atoms with van der Waals surface area (Å²) in [5.74, 6) is -0.949. The molecule has 4 aromatic rings. The Hall–Kier alpha value is -4.59. The Bertz CT molecular complexity index is 1610. The average molecular weight is 572 g/mol. The summed E-state index contributed by atoms with van der Waals surface area (Å²) in [4.78, 5) is 39.3. The summed E-state index contributed by atoms with van der Waals surface area (Å²) in [5.41, 5.74) is 4.85. The van der Waals surface area contributed by atoms with Gasteiger partial charge >= 0.3 is 6.18 Å². The number of amides is 2. The Morgan fingerprint density at radius 1 is 1.07 bits per heavy atom. The highest BCUT2D eigenvalue weighted by Crippen LogP contribution is 2.33.